The highest BCUT2D eigenvalue weighted by Crippen LogP contribution is 2.46. The van der Waals surface area contributed by atoms with Crippen molar-refractivity contribution in [3.63, 3.8) is 0 Å². The molecule has 1 aliphatic heterocycles. The molecule has 49 heavy (non-hydrogen) atoms. The number of nitrogens with one attached hydrogen (secondary N) is 2. The molecule has 3 N–H and O–H groups in total. The Balaban J connectivity index is 1.76. The van der Waals surface area contributed by atoms with Gasteiger partial charge in [0.1, 0.15) is 29.9 Å². The van der Waals surface area contributed by atoms with Gasteiger partial charge in [0, 0.05) is 29.9 Å². The molecule has 0 fully saturated rings. The van der Waals surface area contributed by atoms with Crippen molar-refractivity contribution >= 4 is 23.4 Å². The third-order valence-corrected chi connectivity index (χ3v) is 7.35. The topological polar surface area (TPSA) is 176 Å². The number of ketones is 1. The number of hydrogen-bond acceptors (Lipinski definition) is 12. The minimum absolute atomic E-state index is 0.00575. The lowest BCUT2D eigenvalue weighted by Crippen LogP contribution is -2.38. The highest BCUT2D eigenvalue weighted by Gasteiger charge is 2.48. The van der Waals surface area contributed by atoms with Crippen LogP contribution in [0.15, 0.2) is 65.0 Å². The van der Waals surface area contributed by atoms with E-state index in [9.17, 15) is 42.8 Å². The van der Waals surface area contributed by atoms with Gasteiger partial charge in [-0.15, -0.1) is 0 Å². The van der Waals surface area contributed by atoms with Gasteiger partial charge in [-0.2, -0.15) is 13.2 Å². The summed E-state index contributed by atoms with van der Waals surface area (Å²) >= 11 is 0. The molecule has 2 unspecified atom stereocenters. The van der Waals surface area contributed by atoms with Gasteiger partial charge in [-0.25, -0.2) is 9.59 Å². The number of alkyl halides is 3. The monoisotopic (exact) mass is 693 g/mol. The van der Waals surface area contributed by atoms with E-state index in [1.807, 2.05) is 0 Å². The summed E-state index contributed by atoms with van der Waals surface area (Å²) in [5.74, 6) is -4.16. The van der Waals surface area contributed by atoms with Crippen molar-refractivity contribution in [3.05, 3.63) is 86.2 Å². The number of ether oxygens (including phenoxy) is 4. The van der Waals surface area contributed by atoms with Crippen molar-refractivity contribution < 1.29 is 56.5 Å². The first-order valence-corrected chi connectivity index (χ1v) is 15.3. The molecule has 2 aromatic rings. The van der Waals surface area contributed by atoms with Crippen LogP contribution in [0.5, 0.6) is 11.5 Å². The number of benzene rings is 2. The molecule has 0 aliphatic carbocycles. The number of unbranched alkanes of at least 4 members (excludes halogenated alkanes) is 1. The fourth-order valence-corrected chi connectivity index (χ4v) is 5.11. The zero-order valence-corrected chi connectivity index (χ0v) is 27.3. The summed E-state index contributed by atoms with van der Waals surface area (Å²) in [5, 5.41) is 27.1. The Morgan fingerprint density at radius 1 is 1.06 bits per heavy atom. The molecule has 2 aromatic carbocycles. The number of hydrogen-bond donors (Lipinski definition) is 3. The maximum Gasteiger partial charge on any atom is 0.431 e. The number of methoxy groups -OCH3 is 1. The summed E-state index contributed by atoms with van der Waals surface area (Å²) in [7, 11) is 0.869. The number of dihydropyridines is 1. The highest BCUT2D eigenvalue weighted by atomic mass is 19.4. The summed E-state index contributed by atoms with van der Waals surface area (Å²) in [6, 6.07) is 9.92. The predicted octanol–water partition coefficient (Wildman–Crippen LogP) is 4.50. The molecule has 3 rings (SSSR count). The molecule has 0 saturated carbocycles. The lowest BCUT2D eigenvalue weighted by molar-refractivity contribution is -0.384. The Morgan fingerprint density at radius 2 is 1.78 bits per heavy atom. The Kier molecular flexibility index (Phi) is 13.7. The van der Waals surface area contributed by atoms with Crippen LogP contribution in [0, 0.1) is 10.1 Å². The molecule has 0 spiro atoms. The van der Waals surface area contributed by atoms with Crippen LogP contribution in [0.2, 0.25) is 0 Å². The van der Waals surface area contributed by atoms with E-state index in [1.54, 1.807) is 24.3 Å². The normalized spacial score (nSPS) is 15.3. The smallest absolute Gasteiger partial charge is 0.431 e. The van der Waals surface area contributed by atoms with Crippen molar-refractivity contribution in [2.75, 3.05) is 40.0 Å². The third kappa shape index (κ3) is 10.0. The lowest BCUT2D eigenvalue weighted by Gasteiger charge is -2.32. The zero-order valence-electron chi connectivity index (χ0n) is 27.3. The van der Waals surface area contributed by atoms with Gasteiger partial charge in [0.2, 0.25) is 0 Å². The summed E-state index contributed by atoms with van der Waals surface area (Å²) in [6.07, 6.45) is -5.06. The van der Waals surface area contributed by atoms with Gasteiger partial charge in [-0.3, -0.25) is 14.9 Å². The standard InChI is InChI=1S/C33H38F3N3O10/c1-5-47-32(43)27-19(2)38-30(33(34,35)36)29(31(42)46-4)28(27)24-16-21(39(44)45)12-13-26(24)48-15-9-8-14-37-17-22(41)18-49-25-11-7-6-10-23(25)20(3)40/h6-7,10-13,16,22,28,37-38,41H,5,8-9,14-15,17-18H2,1-4H3. The number of allylic oxidation sites excluding steroid dienone is 2. The first-order chi connectivity index (χ1) is 23.2. The number of esters is 2. The fourth-order valence-electron chi connectivity index (χ4n) is 5.11. The molecule has 13 nitrogen and oxygen atoms in total. The van der Waals surface area contributed by atoms with E-state index in [4.69, 9.17) is 14.2 Å². The largest absolute Gasteiger partial charge is 0.493 e. The number of rotatable bonds is 17. The SMILES string of the molecule is CCOC(=O)C1=C(C)NC(C(F)(F)F)=C(C(=O)OC)C1c1cc([N+](=O)[O-])ccc1OCCCCNCC(O)COc1ccccc1C(C)=O. The van der Waals surface area contributed by atoms with Crippen molar-refractivity contribution in [2.24, 2.45) is 0 Å². The molecular weight excluding hydrogens is 655 g/mol. The van der Waals surface area contributed by atoms with Crippen LogP contribution in [-0.4, -0.2) is 80.1 Å². The van der Waals surface area contributed by atoms with E-state index < -0.39 is 52.0 Å². The maximum absolute atomic E-state index is 14.3. The van der Waals surface area contributed by atoms with Crippen LogP contribution in [-0.2, 0) is 19.1 Å². The number of nitrogens with zero attached hydrogens (tertiary/aromatic N) is 1. The fraction of sp³-hybridized carbons (Fsp3) is 0.424. The van der Waals surface area contributed by atoms with Crippen LogP contribution >= 0.6 is 0 Å². The molecule has 0 bridgehead atoms. The number of para-hydroxylation sites is 1. The van der Waals surface area contributed by atoms with Crippen LogP contribution < -0.4 is 20.1 Å². The first-order valence-electron chi connectivity index (χ1n) is 15.3. The number of carbonyl (C=O) groups excluding carboxylic acids is 3. The Hall–Kier alpha value is -4.96. The molecule has 16 heteroatoms. The summed E-state index contributed by atoms with van der Waals surface area (Å²) in [6.45, 7) is 4.51. The number of nitro benzene ring substituents is 1. The number of nitro groups is 1. The lowest BCUT2D eigenvalue weighted by atomic mass is 9.79. The molecule has 2 atom stereocenters. The van der Waals surface area contributed by atoms with E-state index in [0.29, 0.717) is 30.7 Å². The molecular formula is C33H38F3N3O10. The number of non-ortho nitro benzene ring substituents is 1. The number of carbonyl (C=O) groups is 3. The number of aliphatic hydroxyl groups excluding tert-OH is 1. The van der Waals surface area contributed by atoms with E-state index in [0.717, 1.165) is 19.2 Å². The minimum Gasteiger partial charge on any atom is -0.493 e. The van der Waals surface area contributed by atoms with Gasteiger partial charge < -0.3 is 34.7 Å². The second-order valence-corrected chi connectivity index (χ2v) is 10.9. The number of aliphatic hydroxyl groups is 1. The quantitative estimate of drug-likeness (QED) is 0.0697. The summed E-state index contributed by atoms with van der Waals surface area (Å²) in [5.41, 5.74) is -3.50. The molecule has 0 aromatic heterocycles. The van der Waals surface area contributed by atoms with Crippen LogP contribution in [0.1, 0.15) is 55.5 Å². The van der Waals surface area contributed by atoms with Gasteiger partial charge >= 0.3 is 18.1 Å². The number of Topliss-reactive ketones (excluding diaryl/α,β-unsaturated/α-hetero) is 1. The van der Waals surface area contributed by atoms with E-state index in [-0.39, 0.29) is 54.7 Å². The van der Waals surface area contributed by atoms with Gasteiger partial charge in [0.25, 0.3) is 5.69 Å². The number of halogens is 3. The second kappa shape index (κ2) is 17.4. The summed E-state index contributed by atoms with van der Waals surface area (Å²) in [4.78, 5) is 48.7. The van der Waals surface area contributed by atoms with Gasteiger partial charge in [-0.1, -0.05) is 12.1 Å². The minimum atomic E-state index is -5.10. The Bertz CT molecular complexity index is 1610. The van der Waals surface area contributed by atoms with Crippen molar-refractivity contribution in [1.82, 2.24) is 10.6 Å². The molecule has 266 valence electrons. The van der Waals surface area contributed by atoms with Crippen LogP contribution in [0.25, 0.3) is 0 Å². The van der Waals surface area contributed by atoms with Gasteiger partial charge in [0.05, 0.1) is 47.9 Å². The maximum atomic E-state index is 14.3. The predicted molar refractivity (Wildman–Crippen MR) is 169 cm³/mol. The Labute approximate surface area is 280 Å². The average molecular weight is 694 g/mol. The summed E-state index contributed by atoms with van der Waals surface area (Å²) < 4.78 is 64.0. The van der Waals surface area contributed by atoms with E-state index in [1.165, 1.54) is 26.8 Å². The zero-order chi connectivity index (χ0) is 36.3. The average Bonchev–Trinajstić information content (AvgIpc) is 3.05. The third-order valence-electron chi connectivity index (χ3n) is 7.35. The van der Waals surface area contributed by atoms with Crippen molar-refractivity contribution in [2.45, 2.75) is 51.8 Å². The van der Waals surface area contributed by atoms with Gasteiger partial charge in [-0.05, 0) is 58.4 Å². The highest BCUT2D eigenvalue weighted by molar-refractivity contribution is 6.00. The van der Waals surface area contributed by atoms with Crippen LogP contribution in [0.3, 0.4) is 0 Å². The first kappa shape index (κ1) is 38.5. The second-order valence-electron chi connectivity index (χ2n) is 10.9. The molecule has 0 radical (unpaired) electrons. The van der Waals surface area contributed by atoms with Crippen molar-refractivity contribution in [1.29, 1.82) is 0 Å². The van der Waals surface area contributed by atoms with Crippen LogP contribution in [0.4, 0.5) is 18.9 Å². The Morgan fingerprint density at radius 3 is 2.41 bits per heavy atom. The molecule has 1 heterocycles. The molecule has 0 amide bonds. The van der Waals surface area contributed by atoms with E-state index in [2.05, 4.69) is 15.4 Å². The van der Waals surface area contributed by atoms with E-state index >= 15 is 0 Å². The molecule has 0 saturated heterocycles. The van der Waals surface area contributed by atoms with Crippen molar-refractivity contribution in [3.8, 4) is 11.5 Å². The molecule has 1 aliphatic rings. The van der Waals surface area contributed by atoms with Gasteiger partial charge in [0.15, 0.2) is 5.78 Å².